The highest BCUT2D eigenvalue weighted by molar-refractivity contribution is 7.09. The van der Waals surface area contributed by atoms with Gasteiger partial charge in [0.25, 0.3) is 0 Å². The van der Waals surface area contributed by atoms with Crippen LogP contribution >= 0.6 is 11.3 Å². The van der Waals surface area contributed by atoms with Gasteiger partial charge in [-0.1, -0.05) is 26.0 Å². The van der Waals surface area contributed by atoms with Crippen molar-refractivity contribution in [1.29, 1.82) is 0 Å². The minimum absolute atomic E-state index is 0.0283. The van der Waals surface area contributed by atoms with Crippen molar-refractivity contribution in [2.75, 3.05) is 13.7 Å². The monoisotopic (exact) mass is 376 g/mol. The molecule has 2 aromatic rings. The smallest absolute Gasteiger partial charge is 0.240 e. The zero-order valence-corrected chi connectivity index (χ0v) is 16.7. The van der Waals surface area contributed by atoms with Crippen molar-refractivity contribution in [2.45, 2.75) is 40.0 Å². The van der Waals surface area contributed by atoms with Crippen LogP contribution < -0.4 is 15.2 Å². The standard InChI is InChI=1S/C20H28N2O3S/c1-5-22(20(23)19(21)14(2)3)12-15-8-9-17(18(11-15)24-4)25-13-16-7-6-10-26-16/h6-11,14,19H,5,12-13,21H2,1-4H3/t19-/m0/s1. The van der Waals surface area contributed by atoms with E-state index in [4.69, 9.17) is 15.2 Å². The van der Waals surface area contributed by atoms with Crippen molar-refractivity contribution in [3.8, 4) is 11.5 Å². The molecule has 0 bridgehead atoms. The summed E-state index contributed by atoms with van der Waals surface area (Å²) in [6.45, 7) is 7.49. The Morgan fingerprint density at radius 3 is 2.62 bits per heavy atom. The third-order valence-electron chi connectivity index (χ3n) is 4.25. The number of methoxy groups -OCH3 is 1. The fourth-order valence-electron chi connectivity index (χ4n) is 2.54. The van der Waals surface area contributed by atoms with E-state index in [9.17, 15) is 4.79 Å². The molecule has 142 valence electrons. The fourth-order valence-corrected chi connectivity index (χ4v) is 3.15. The summed E-state index contributed by atoms with van der Waals surface area (Å²) in [4.78, 5) is 15.4. The molecule has 5 nitrogen and oxygen atoms in total. The van der Waals surface area contributed by atoms with Crippen LogP contribution in [0.3, 0.4) is 0 Å². The Balaban J connectivity index is 2.08. The van der Waals surface area contributed by atoms with Crippen LogP contribution in [0.15, 0.2) is 35.7 Å². The second kappa shape index (κ2) is 9.59. The van der Waals surface area contributed by atoms with Crippen molar-refractivity contribution in [3.63, 3.8) is 0 Å². The lowest BCUT2D eigenvalue weighted by molar-refractivity contribution is -0.134. The van der Waals surface area contributed by atoms with Gasteiger partial charge in [0.05, 0.1) is 13.2 Å². The third kappa shape index (κ3) is 5.22. The molecule has 0 saturated carbocycles. The summed E-state index contributed by atoms with van der Waals surface area (Å²) in [6.07, 6.45) is 0. The number of carbonyl (C=O) groups excluding carboxylic acids is 1. The summed E-state index contributed by atoms with van der Waals surface area (Å²) in [5.41, 5.74) is 7.00. The van der Waals surface area contributed by atoms with Crippen LogP contribution in [-0.4, -0.2) is 30.5 Å². The number of carbonyl (C=O) groups is 1. The highest BCUT2D eigenvalue weighted by Gasteiger charge is 2.23. The number of ether oxygens (including phenoxy) is 2. The van der Waals surface area contributed by atoms with Gasteiger partial charge in [0.1, 0.15) is 6.61 Å². The average Bonchev–Trinajstić information content (AvgIpc) is 3.17. The number of hydrogen-bond donors (Lipinski definition) is 1. The van der Waals surface area contributed by atoms with Gasteiger partial charge < -0.3 is 20.1 Å². The molecule has 26 heavy (non-hydrogen) atoms. The topological polar surface area (TPSA) is 64.8 Å². The quantitative estimate of drug-likeness (QED) is 0.725. The van der Waals surface area contributed by atoms with E-state index < -0.39 is 6.04 Å². The van der Waals surface area contributed by atoms with Gasteiger partial charge in [-0.3, -0.25) is 4.79 Å². The minimum atomic E-state index is -0.481. The Bertz CT molecular complexity index is 701. The zero-order chi connectivity index (χ0) is 19.1. The molecule has 2 N–H and O–H groups in total. The second-order valence-corrected chi connectivity index (χ2v) is 7.51. The predicted molar refractivity (Wildman–Crippen MR) is 106 cm³/mol. The maximum atomic E-state index is 12.5. The lowest BCUT2D eigenvalue weighted by Gasteiger charge is -2.26. The summed E-state index contributed by atoms with van der Waals surface area (Å²) >= 11 is 1.66. The normalized spacial score (nSPS) is 12.1. The van der Waals surface area contributed by atoms with E-state index >= 15 is 0 Å². The Morgan fingerprint density at radius 1 is 1.27 bits per heavy atom. The molecule has 6 heteroatoms. The van der Waals surface area contributed by atoms with Gasteiger partial charge in [-0.15, -0.1) is 11.3 Å². The van der Waals surface area contributed by atoms with Crippen molar-refractivity contribution >= 4 is 17.2 Å². The number of nitrogens with two attached hydrogens (primary N) is 1. The van der Waals surface area contributed by atoms with E-state index in [0.29, 0.717) is 31.2 Å². The van der Waals surface area contributed by atoms with E-state index in [1.807, 2.05) is 56.5 Å². The largest absolute Gasteiger partial charge is 0.493 e. The molecule has 1 aromatic heterocycles. The summed E-state index contributed by atoms with van der Waals surface area (Å²) in [6, 6.07) is 9.33. The zero-order valence-electron chi connectivity index (χ0n) is 15.9. The van der Waals surface area contributed by atoms with Crippen molar-refractivity contribution in [1.82, 2.24) is 4.90 Å². The van der Waals surface area contributed by atoms with Crippen LogP contribution in [0, 0.1) is 5.92 Å². The minimum Gasteiger partial charge on any atom is -0.493 e. The SMILES string of the molecule is CCN(Cc1ccc(OCc2cccs2)c(OC)c1)C(=O)[C@@H](N)C(C)C. The molecule has 1 aromatic carbocycles. The van der Waals surface area contributed by atoms with Crippen LogP contribution in [0.25, 0.3) is 0 Å². The van der Waals surface area contributed by atoms with E-state index in [0.717, 1.165) is 10.4 Å². The Kier molecular flexibility index (Phi) is 7.48. The maximum absolute atomic E-state index is 12.5. The summed E-state index contributed by atoms with van der Waals surface area (Å²) in [7, 11) is 1.62. The highest BCUT2D eigenvalue weighted by atomic mass is 32.1. The predicted octanol–water partition coefficient (Wildman–Crippen LogP) is 3.67. The average molecular weight is 377 g/mol. The molecule has 1 amide bonds. The van der Waals surface area contributed by atoms with E-state index in [2.05, 4.69) is 0 Å². The Hall–Kier alpha value is -2.05. The first-order valence-electron chi connectivity index (χ1n) is 8.82. The second-order valence-electron chi connectivity index (χ2n) is 6.48. The first kappa shape index (κ1) is 20.3. The van der Waals surface area contributed by atoms with Crippen molar-refractivity contribution < 1.29 is 14.3 Å². The molecule has 0 aliphatic heterocycles. The van der Waals surface area contributed by atoms with Crippen molar-refractivity contribution in [2.24, 2.45) is 11.7 Å². The molecular weight excluding hydrogens is 348 g/mol. The first-order chi connectivity index (χ1) is 12.5. The molecule has 0 radical (unpaired) electrons. The molecule has 2 rings (SSSR count). The number of nitrogens with zero attached hydrogens (tertiary/aromatic N) is 1. The van der Waals surface area contributed by atoms with E-state index in [1.165, 1.54) is 0 Å². The molecule has 0 spiro atoms. The fraction of sp³-hybridized carbons (Fsp3) is 0.450. The molecule has 0 aliphatic carbocycles. The van der Waals surface area contributed by atoms with E-state index in [1.54, 1.807) is 23.3 Å². The number of rotatable bonds is 9. The van der Waals surface area contributed by atoms with Crippen LogP contribution in [0.2, 0.25) is 0 Å². The lowest BCUT2D eigenvalue weighted by Crippen LogP contribution is -2.46. The van der Waals surface area contributed by atoms with Crippen LogP contribution in [0.5, 0.6) is 11.5 Å². The molecule has 0 fully saturated rings. The number of benzene rings is 1. The van der Waals surface area contributed by atoms with Gasteiger partial charge in [0.2, 0.25) is 5.91 Å². The molecule has 0 aliphatic rings. The summed E-state index contributed by atoms with van der Waals surface area (Å²) in [5, 5.41) is 2.03. The van der Waals surface area contributed by atoms with Gasteiger partial charge in [-0.05, 0) is 42.0 Å². The highest BCUT2D eigenvalue weighted by Crippen LogP contribution is 2.30. The Morgan fingerprint density at radius 2 is 2.04 bits per heavy atom. The third-order valence-corrected chi connectivity index (χ3v) is 5.10. The number of hydrogen-bond acceptors (Lipinski definition) is 5. The van der Waals surface area contributed by atoms with Crippen LogP contribution in [0.4, 0.5) is 0 Å². The van der Waals surface area contributed by atoms with Crippen molar-refractivity contribution in [3.05, 3.63) is 46.2 Å². The number of likely N-dealkylation sites (N-methyl/N-ethyl adjacent to an activating group) is 1. The first-order valence-corrected chi connectivity index (χ1v) is 9.70. The van der Waals surface area contributed by atoms with Gasteiger partial charge >= 0.3 is 0 Å². The van der Waals surface area contributed by atoms with E-state index in [-0.39, 0.29) is 11.8 Å². The molecule has 1 heterocycles. The van der Waals surface area contributed by atoms with Gasteiger partial charge in [-0.25, -0.2) is 0 Å². The molecule has 0 saturated heterocycles. The Labute approximate surface area is 159 Å². The lowest BCUT2D eigenvalue weighted by atomic mass is 10.0. The number of amides is 1. The molecular formula is C20H28N2O3S. The molecule has 1 atom stereocenters. The number of thiophene rings is 1. The van der Waals surface area contributed by atoms with Gasteiger partial charge in [0, 0.05) is 18.0 Å². The van der Waals surface area contributed by atoms with Crippen LogP contribution in [0.1, 0.15) is 31.2 Å². The van der Waals surface area contributed by atoms with Gasteiger partial charge in [0.15, 0.2) is 11.5 Å². The maximum Gasteiger partial charge on any atom is 0.240 e. The summed E-state index contributed by atoms with van der Waals surface area (Å²) < 4.78 is 11.3. The van der Waals surface area contributed by atoms with Gasteiger partial charge in [-0.2, -0.15) is 0 Å². The molecule has 0 unspecified atom stereocenters. The van der Waals surface area contributed by atoms with Crippen LogP contribution in [-0.2, 0) is 17.9 Å². The summed E-state index contributed by atoms with van der Waals surface area (Å²) in [5.74, 6) is 1.44.